The van der Waals surface area contributed by atoms with E-state index in [1.807, 2.05) is 31.2 Å². The fourth-order valence-electron chi connectivity index (χ4n) is 2.11. The van der Waals surface area contributed by atoms with Crippen LogP contribution in [0.5, 0.6) is 0 Å². The molecule has 0 radical (unpaired) electrons. The standard InChI is InChI=1S/C17H16ClNO3/c1-11-6-8-12(9-7-11)15(10-16(20)21)19-17(22)13-4-2-3-5-14(13)18/h2-9,15H,10H2,1H3,(H,19,22)(H,20,21). The van der Waals surface area contributed by atoms with Gasteiger partial charge in [-0.3, -0.25) is 9.59 Å². The normalized spacial score (nSPS) is 11.7. The molecule has 1 unspecified atom stereocenters. The third kappa shape index (κ3) is 4.09. The summed E-state index contributed by atoms with van der Waals surface area (Å²) < 4.78 is 0. The van der Waals surface area contributed by atoms with Gasteiger partial charge < -0.3 is 10.4 Å². The van der Waals surface area contributed by atoms with E-state index in [2.05, 4.69) is 5.32 Å². The van der Waals surface area contributed by atoms with Crippen molar-refractivity contribution < 1.29 is 14.7 Å². The molecule has 0 bridgehead atoms. The van der Waals surface area contributed by atoms with Gasteiger partial charge in [0.2, 0.25) is 0 Å². The van der Waals surface area contributed by atoms with Crippen LogP contribution in [0.4, 0.5) is 0 Å². The lowest BCUT2D eigenvalue weighted by molar-refractivity contribution is -0.137. The zero-order valence-corrected chi connectivity index (χ0v) is 12.8. The molecule has 2 rings (SSSR count). The predicted octanol–water partition coefficient (Wildman–Crippen LogP) is 3.59. The molecule has 2 aromatic carbocycles. The maximum Gasteiger partial charge on any atom is 0.305 e. The van der Waals surface area contributed by atoms with Gasteiger partial charge in [-0.2, -0.15) is 0 Å². The molecule has 5 heteroatoms. The van der Waals surface area contributed by atoms with Crippen molar-refractivity contribution in [2.75, 3.05) is 0 Å². The Hall–Kier alpha value is -2.33. The Kier molecular flexibility index (Phi) is 5.17. The highest BCUT2D eigenvalue weighted by atomic mass is 35.5. The zero-order chi connectivity index (χ0) is 16.1. The summed E-state index contributed by atoms with van der Waals surface area (Å²) in [6.45, 7) is 1.94. The van der Waals surface area contributed by atoms with Crippen LogP contribution in [-0.2, 0) is 4.79 Å². The summed E-state index contributed by atoms with van der Waals surface area (Å²) in [5, 5.41) is 12.1. The monoisotopic (exact) mass is 317 g/mol. The number of hydrogen-bond donors (Lipinski definition) is 2. The summed E-state index contributed by atoms with van der Waals surface area (Å²) >= 11 is 6.00. The van der Waals surface area contributed by atoms with Crippen molar-refractivity contribution in [3.8, 4) is 0 Å². The average Bonchev–Trinajstić information content (AvgIpc) is 2.47. The van der Waals surface area contributed by atoms with Crippen molar-refractivity contribution in [1.29, 1.82) is 0 Å². The van der Waals surface area contributed by atoms with Gasteiger partial charge in [0, 0.05) is 0 Å². The number of halogens is 1. The highest BCUT2D eigenvalue weighted by Gasteiger charge is 2.20. The van der Waals surface area contributed by atoms with Crippen molar-refractivity contribution in [3.63, 3.8) is 0 Å². The minimum atomic E-state index is -0.981. The number of benzene rings is 2. The molecule has 1 atom stereocenters. The molecular weight excluding hydrogens is 302 g/mol. The van der Waals surface area contributed by atoms with Gasteiger partial charge in [0.25, 0.3) is 5.91 Å². The number of hydrogen-bond acceptors (Lipinski definition) is 2. The third-order valence-corrected chi connectivity index (χ3v) is 3.61. The van der Waals surface area contributed by atoms with Crippen LogP contribution in [0, 0.1) is 6.92 Å². The first-order valence-corrected chi connectivity index (χ1v) is 7.19. The van der Waals surface area contributed by atoms with Gasteiger partial charge in [0.1, 0.15) is 0 Å². The van der Waals surface area contributed by atoms with E-state index in [-0.39, 0.29) is 6.42 Å². The molecule has 0 saturated carbocycles. The molecule has 0 spiro atoms. The predicted molar refractivity (Wildman–Crippen MR) is 85.1 cm³/mol. The maximum absolute atomic E-state index is 12.3. The highest BCUT2D eigenvalue weighted by Crippen LogP contribution is 2.20. The van der Waals surface area contributed by atoms with Crippen LogP contribution in [0.2, 0.25) is 5.02 Å². The largest absolute Gasteiger partial charge is 0.481 e. The Morgan fingerprint density at radius 3 is 2.36 bits per heavy atom. The first kappa shape index (κ1) is 16.0. The molecule has 0 fully saturated rings. The maximum atomic E-state index is 12.3. The molecule has 0 aromatic heterocycles. The number of rotatable bonds is 5. The second-order valence-electron chi connectivity index (χ2n) is 5.01. The van der Waals surface area contributed by atoms with Crippen molar-refractivity contribution in [3.05, 3.63) is 70.2 Å². The van der Waals surface area contributed by atoms with Crippen LogP contribution in [0.25, 0.3) is 0 Å². The lowest BCUT2D eigenvalue weighted by atomic mass is 10.0. The number of aryl methyl sites for hydroxylation is 1. The molecule has 2 N–H and O–H groups in total. The molecule has 114 valence electrons. The summed E-state index contributed by atoms with van der Waals surface area (Å²) in [5.41, 5.74) is 2.13. The molecule has 0 aliphatic heterocycles. The van der Waals surface area contributed by atoms with E-state index in [1.165, 1.54) is 0 Å². The highest BCUT2D eigenvalue weighted by molar-refractivity contribution is 6.33. The second-order valence-corrected chi connectivity index (χ2v) is 5.42. The Morgan fingerprint density at radius 2 is 1.77 bits per heavy atom. The Balaban J connectivity index is 2.23. The van der Waals surface area contributed by atoms with E-state index >= 15 is 0 Å². The number of carboxylic acids is 1. The molecule has 0 aliphatic carbocycles. The fraction of sp³-hybridized carbons (Fsp3) is 0.176. The van der Waals surface area contributed by atoms with Crippen LogP contribution in [0.1, 0.15) is 33.9 Å². The minimum Gasteiger partial charge on any atom is -0.481 e. The van der Waals surface area contributed by atoms with Gasteiger partial charge in [-0.25, -0.2) is 0 Å². The lowest BCUT2D eigenvalue weighted by Gasteiger charge is -2.18. The van der Waals surface area contributed by atoms with Gasteiger partial charge >= 0.3 is 5.97 Å². The number of nitrogens with one attached hydrogen (secondary N) is 1. The summed E-state index contributed by atoms with van der Waals surface area (Å²) in [6.07, 6.45) is -0.195. The molecule has 2 aromatic rings. The number of carbonyl (C=O) groups excluding carboxylic acids is 1. The first-order chi connectivity index (χ1) is 10.5. The van der Waals surface area contributed by atoms with E-state index in [0.29, 0.717) is 10.6 Å². The number of amides is 1. The van der Waals surface area contributed by atoms with Crippen molar-refractivity contribution in [1.82, 2.24) is 5.32 Å². The second kappa shape index (κ2) is 7.09. The molecule has 22 heavy (non-hydrogen) atoms. The Bertz CT molecular complexity index is 683. The Labute approximate surface area is 133 Å². The summed E-state index contributed by atoms with van der Waals surface area (Å²) in [5.74, 6) is -1.37. The first-order valence-electron chi connectivity index (χ1n) is 6.81. The van der Waals surface area contributed by atoms with Crippen LogP contribution in [0.3, 0.4) is 0 Å². The summed E-state index contributed by atoms with van der Waals surface area (Å²) in [7, 11) is 0. The van der Waals surface area contributed by atoms with Gasteiger partial charge in [-0.15, -0.1) is 0 Å². The molecule has 0 aliphatic rings. The van der Waals surface area contributed by atoms with Crippen LogP contribution in [0.15, 0.2) is 48.5 Å². The van der Waals surface area contributed by atoms with Gasteiger partial charge in [-0.05, 0) is 24.6 Å². The molecule has 0 heterocycles. The molecule has 0 saturated heterocycles. The lowest BCUT2D eigenvalue weighted by Crippen LogP contribution is -2.30. The number of carboxylic acid groups (broad SMARTS) is 1. The number of aliphatic carboxylic acids is 1. The number of carbonyl (C=O) groups is 2. The van der Waals surface area contributed by atoms with E-state index in [9.17, 15) is 9.59 Å². The van der Waals surface area contributed by atoms with Gasteiger partial charge in [0.05, 0.1) is 23.0 Å². The van der Waals surface area contributed by atoms with Gasteiger partial charge in [0.15, 0.2) is 0 Å². The van der Waals surface area contributed by atoms with Crippen LogP contribution < -0.4 is 5.32 Å². The van der Waals surface area contributed by atoms with E-state index in [0.717, 1.165) is 11.1 Å². The topological polar surface area (TPSA) is 66.4 Å². The van der Waals surface area contributed by atoms with Crippen molar-refractivity contribution >= 4 is 23.5 Å². The van der Waals surface area contributed by atoms with Crippen LogP contribution >= 0.6 is 11.6 Å². The van der Waals surface area contributed by atoms with E-state index in [1.54, 1.807) is 24.3 Å². The van der Waals surface area contributed by atoms with E-state index in [4.69, 9.17) is 16.7 Å². The average molecular weight is 318 g/mol. The minimum absolute atomic E-state index is 0.195. The van der Waals surface area contributed by atoms with Crippen LogP contribution in [-0.4, -0.2) is 17.0 Å². The van der Waals surface area contributed by atoms with Gasteiger partial charge in [-0.1, -0.05) is 53.6 Å². The molecule has 4 nitrogen and oxygen atoms in total. The fourth-order valence-corrected chi connectivity index (χ4v) is 2.33. The zero-order valence-electron chi connectivity index (χ0n) is 12.0. The molecular formula is C17H16ClNO3. The van der Waals surface area contributed by atoms with Crippen molar-refractivity contribution in [2.24, 2.45) is 0 Å². The summed E-state index contributed by atoms with van der Waals surface area (Å²) in [6, 6.07) is 13.4. The Morgan fingerprint density at radius 1 is 1.14 bits per heavy atom. The SMILES string of the molecule is Cc1ccc(C(CC(=O)O)NC(=O)c2ccccc2Cl)cc1. The quantitative estimate of drug-likeness (QED) is 0.885. The summed E-state index contributed by atoms with van der Waals surface area (Å²) in [4.78, 5) is 23.4. The van der Waals surface area contributed by atoms with E-state index < -0.39 is 17.9 Å². The smallest absolute Gasteiger partial charge is 0.305 e. The third-order valence-electron chi connectivity index (χ3n) is 3.28. The molecule has 1 amide bonds. The van der Waals surface area contributed by atoms with Crippen molar-refractivity contribution in [2.45, 2.75) is 19.4 Å².